The molecular formula is C18H27NO3. The van der Waals surface area contributed by atoms with Gasteiger partial charge >= 0.3 is 0 Å². The molecule has 1 aliphatic carbocycles. The van der Waals surface area contributed by atoms with Crippen molar-refractivity contribution in [2.75, 3.05) is 12.4 Å². The number of anilines is 1. The molecule has 1 aromatic carbocycles. The van der Waals surface area contributed by atoms with E-state index < -0.39 is 5.60 Å². The maximum atomic E-state index is 12.4. The summed E-state index contributed by atoms with van der Waals surface area (Å²) in [5, 5.41) is 2.92. The van der Waals surface area contributed by atoms with E-state index >= 15 is 0 Å². The summed E-state index contributed by atoms with van der Waals surface area (Å²) < 4.78 is 11.3. The van der Waals surface area contributed by atoms with Crippen molar-refractivity contribution in [1.82, 2.24) is 0 Å². The van der Waals surface area contributed by atoms with Crippen LogP contribution in [-0.4, -0.2) is 24.7 Å². The Balaban J connectivity index is 1.93. The molecule has 122 valence electrons. The normalized spacial score (nSPS) is 18.0. The number of hydrogen-bond donors (Lipinski definition) is 1. The lowest BCUT2D eigenvalue weighted by molar-refractivity contribution is -0.136. The molecule has 0 radical (unpaired) electrons. The molecule has 4 nitrogen and oxygen atoms in total. The molecule has 0 aliphatic heterocycles. The highest BCUT2D eigenvalue weighted by Crippen LogP contribution is 2.25. The van der Waals surface area contributed by atoms with Crippen LogP contribution in [-0.2, 0) is 9.53 Å². The fourth-order valence-corrected chi connectivity index (χ4v) is 2.86. The van der Waals surface area contributed by atoms with E-state index in [2.05, 4.69) is 5.32 Å². The van der Waals surface area contributed by atoms with Crippen molar-refractivity contribution in [2.45, 2.75) is 64.1 Å². The van der Waals surface area contributed by atoms with Crippen molar-refractivity contribution >= 4 is 11.6 Å². The predicted molar refractivity (Wildman–Crippen MR) is 88.3 cm³/mol. The Morgan fingerprint density at radius 3 is 2.45 bits per heavy atom. The molecule has 0 saturated heterocycles. The van der Waals surface area contributed by atoms with Gasteiger partial charge in [-0.05, 0) is 63.3 Å². The lowest BCUT2D eigenvalue weighted by atomic mass is 9.99. The van der Waals surface area contributed by atoms with E-state index in [1.807, 2.05) is 38.1 Å². The Morgan fingerprint density at radius 1 is 1.27 bits per heavy atom. The zero-order valence-electron chi connectivity index (χ0n) is 13.9. The summed E-state index contributed by atoms with van der Waals surface area (Å²) in [6.07, 6.45) is 6.73. The second-order valence-electron chi connectivity index (χ2n) is 6.19. The van der Waals surface area contributed by atoms with Gasteiger partial charge in [0.05, 0.1) is 6.10 Å². The lowest BCUT2D eigenvalue weighted by Crippen LogP contribution is -2.41. The molecule has 1 saturated carbocycles. The van der Waals surface area contributed by atoms with Gasteiger partial charge < -0.3 is 14.8 Å². The Kier molecular flexibility index (Phi) is 5.83. The van der Waals surface area contributed by atoms with Crippen molar-refractivity contribution < 1.29 is 14.3 Å². The minimum atomic E-state index is -0.784. The Labute approximate surface area is 133 Å². The van der Waals surface area contributed by atoms with E-state index in [-0.39, 0.29) is 5.91 Å². The summed E-state index contributed by atoms with van der Waals surface area (Å²) in [7, 11) is 1.58. The molecule has 1 amide bonds. The zero-order chi connectivity index (χ0) is 16.0. The Morgan fingerprint density at radius 2 is 1.91 bits per heavy atom. The predicted octanol–water partition coefficient (Wildman–Crippen LogP) is 4.15. The van der Waals surface area contributed by atoms with Gasteiger partial charge in [0.25, 0.3) is 5.91 Å². The van der Waals surface area contributed by atoms with Crippen molar-refractivity contribution in [3.63, 3.8) is 0 Å². The average Bonchev–Trinajstić information content (AvgIpc) is 3.02. The Hall–Kier alpha value is -1.55. The van der Waals surface area contributed by atoms with Crippen LogP contribution < -0.4 is 10.1 Å². The third-order valence-corrected chi connectivity index (χ3v) is 4.38. The van der Waals surface area contributed by atoms with Gasteiger partial charge in [-0.2, -0.15) is 0 Å². The molecule has 1 atom stereocenters. The number of amides is 1. The molecule has 1 fully saturated rings. The van der Waals surface area contributed by atoms with E-state index in [0.29, 0.717) is 12.5 Å². The van der Waals surface area contributed by atoms with E-state index in [1.54, 1.807) is 7.11 Å². The zero-order valence-corrected chi connectivity index (χ0v) is 13.9. The van der Waals surface area contributed by atoms with Gasteiger partial charge in [0, 0.05) is 12.8 Å². The molecule has 2 rings (SSSR count). The van der Waals surface area contributed by atoms with Gasteiger partial charge in [-0.3, -0.25) is 4.79 Å². The SMILES string of the molecule is CCC[C@](C)(OC)C(=O)Nc1ccc(OC2CCCC2)cc1. The van der Waals surface area contributed by atoms with Crippen molar-refractivity contribution in [1.29, 1.82) is 0 Å². The number of carbonyl (C=O) groups is 1. The second-order valence-corrected chi connectivity index (χ2v) is 6.19. The summed E-state index contributed by atoms with van der Waals surface area (Å²) >= 11 is 0. The number of ether oxygens (including phenoxy) is 2. The quantitative estimate of drug-likeness (QED) is 0.823. The Bertz CT molecular complexity index is 480. The molecule has 0 heterocycles. The van der Waals surface area contributed by atoms with Crippen LogP contribution in [0.4, 0.5) is 5.69 Å². The lowest BCUT2D eigenvalue weighted by Gasteiger charge is -2.26. The van der Waals surface area contributed by atoms with Crippen LogP contribution >= 0.6 is 0 Å². The van der Waals surface area contributed by atoms with Gasteiger partial charge in [-0.25, -0.2) is 0 Å². The second kappa shape index (κ2) is 7.63. The summed E-state index contributed by atoms with van der Waals surface area (Å²) in [6.45, 7) is 3.86. The highest BCUT2D eigenvalue weighted by Gasteiger charge is 2.32. The molecule has 0 aromatic heterocycles. The first-order valence-corrected chi connectivity index (χ1v) is 8.20. The molecule has 0 spiro atoms. The minimum absolute atomic E-state index is 0.110. The van der Waals surface area contributed by atoms with E-state index in [9.17, 15) is 4.79 Å². The summed E-state index contributed by atoms with van der Waals surface area (Å²) in [4.78, 5) is 12.4. The van der Waals surface area contributed by atoms with Crippen LogP contribution in [0.2, 0.25) is 0 Å². The summed E-state index contributed by atoms with van der Waals surface area (Å²) in [5.74, 6) is 0.759. The van der Waals surface area contributed by atoms with Gasteiger partial charge in [0.1, 0.15) is 11.4 Å². The fourth-order valence-electron chi connectivity index (χ4n) is 2.86. The minimum Gasteiger partial charge on any atom is -0.490 e. The van der Waals surface area contributed by atoms with Crippen LogP contribution in [0.5, 0.6) is 5.75 Å². The first-order valence-electron chi connectivity index (χ1n) is 8.20. The van der Waals surface area contributed by atoms with Crippen LogP contribution in [0.25, 0.3) is 0 Å². The number of carbonyl (C=O) groups excluding carboxylic acids is 1. The van der Waals surface area contributed by atoms with Gasteiger partial charge in [-0.1, -0.05) is 13.3 Å². The molecule has 0 unspecified atom stereocenters. The first kappa shape index (κ1) is 16.8. The maximum absolute atomic E-state index is 12.4. The highest BCUT2D eigenvalue weighted by molar-refractivity contribution is 5.97. The molecular weight excluding hydrogens is 278 g/mol. The van der Waals surface area contributed by atoms with Gasteiger partial charge in [0.15, 0.2) is 0 Å². The van der Waals surface area contributed by atoms with E-state index in [1.165, 1.54) is 12.8 Å². The highest BCUT2D eigenvalue weighted by atomic mass is 16.5. The van der Waals surface area contributed by atoms with Crippen molar-refractivity contribution in [2.24, 2.45) is 0 Å². The van der Waals surface area contributed by atoms with Crippen LogP contribution in [0.15, 0.2) is 24.3 Å². The largest absolute Gasteiger partial charge is 0.490 e. The molecule has 4 heteroatoms. The molecule has 1 aliphatic rings. The summed E-state index contributed by atoms with van der Waals surface area (Å²) in [5.41, 5.74) is -0.0172. The molecule has 1 N–H and O–H groups in total. The van der Waals surface area contributed by atoms with Crippen molar-refractivity contribution in [3.8, 4) is 5.75 Å². The molecule has 0 bridgehead atoms. The first-order chi connectivity index (χ1) is 10.6. The third-order valence-electron chi connectivity index (χ3n) is 4.38. The standard InChI is InChI=1S/C18H27NO3/c1-4-13-18(2,21-3)17(20)19-14-9-11-16(12-10-14)22-15-7-5-6-8-15/h9-12,15H,4-8,13H2,1-3H3,(H,19,20)/t18-/m0/s1. The molecule has 1 aromatic rings. The summed E-state index contributed by atoms with van der Waals surface area (Å²) in [6, 6.07) is 7.59. The topological polar surface area (TPSA) is 47.6 Å². The number of benzene rings is 1. The molecule has 22 heavy (non-hydrogen) atoms. The number of methoxy groups -OCH3 is 1. The smallest absolute Gasteiger partial charge is 0.256 e. The number of nitrogens with one attached hydrogen (secondary N) is 1. The van der Waals surface area contributed by atoms with E-state index in [0.717, 1.165) is 30.7 Å². The van der Waals surface area contributed by atoms with Crippen LogP contribution in [0.1, 0.15) is 52.4 Å². The maximum Gasteiger partial charge on any atom is 0.256 e. The van der Waals surface area contributed by atoms with Gasteiger partial charge in [-0.15, -0.1) is 0 Å². The van der Waals surface area contributed by atoms with Crippen molar-refractivity contribution in [3.05, 3.63) is 24.3 Å². The van der Waals surface area contributed by atoms with Crippen LogP contribution in [0, 0.1) is 0 Å². The monoisotopic (exact) mass is 305 g/mol. The number of hydrogen-bond acceptors (Lipinski definition) is 3. The number of rotatable bonds is 7. The van der Waals surface area contributed by atoms with Crippen LogP contribution in [0.3, 0.4) is 0 Å². The van der Waals surface area contributed by atoms with E-state index in [4.69, 9.17) is 9.47 Å². The fraction of sp³-hybridized carbons (Fsp3) is 0.611. The average molecular weight is 305 g/mol. The third kappa shape index (κ3) is 4.23. The van der Waals surface area contributed by atoms with Gasteiger partial charge in [0.2, 0.25) is 0 Å².